The van der Waals surface area contributed by atoms with Gasteiger partial charge in [-0.05, 0) is 59.9 Å². The Morgan fingerprint density at radius 1 is 1.12 bits per heavy atom. The predicted octanol–water partition coefficient (Wildman–Crippen LogP) is 4.18. The van der Waals surface area contributed by atoms with Crippen LogP contribution in [-0.2, 0) is 13.5 Å². The van der Waals surface area contributed by atoms with E-state index in [0.29, 0.717) is 6.04 Å². The molecule has 0 saturated carbocycles. The van der Waals surface area contributed by atoms with Crippen LogP contribution in [0, 0.1) is 0 Å². The Morgan fingerprint density at radius 2 is 1.96 bits per heavy atom. The predicted molar refractivity (Wildman–Crippen MR) is 107 cm³/mol. The topological polar surface area (TPSA) is 42.2 Å². The molecule has 26 heavy (non-hydrogen) atoms. The second kappa shape index (κ2) is 5.92. The molecule has 2 aromatic carbocycles. The lowest BCUT2D eigenvalue weighted by molar-refractivity contribution is 0.562. The molecule has 2 aliphatic heterocycles. The Bertz CT molecular complexity index is 1070. The average Bonchev–Trinajstić information content (AvgIpc) is 3.22. The summed E-state index contributed by atoms with van der Waals surface area (Å²) in [4.78, 5) is 4.91. The highest BCUT2D eigenvalue weighted by Gasteiger charge is 2.21. The SMILES string of the molecule is CC1CC(C2=Nc3ccc(-c4ccc5nn(C)cc5c4)cc3C2)=CCN1. The molecule has 5 rings (SSSR count). The number of fused-ring (bicyclic) bond motifs is 2. The molecule has 0 aliphatic carbocycles. The van der Waals surface area contributed by atoms with Gasteiger partial charge in [-0.2, -0.15) is 5.10 Å². The van der Waals surface area contributed by atoms with Crippen LogP contribution in [0.5, 0.6) is 0 Å². The molecule has 1 N–H and O–H groups in total. The van der Waals surface area contributed by atoms with Crippen LogP contribution in [0.1, 0.15) is 18.9 Å². The van der Waals surface area contributed by atoms with Crippen molar-refractivity contribution in [2.75, 3.05) is 6.54 Å². The first-order chi connectivity index (χ1) is 12.7. The average molecular weight is 342 g/mol. The lowest BCUT2D eigenvalue weighted by Crippen LogP contribution is -2.32. The van der Waals surface area contributed by atoms with E-state index in [-0.39, 0.29) is 0 Å². The largest absolute Gasteiger partial charge is 0.310 e. The molecular weight excluding hydrogens is 320 g/mol. The maximum Gasteiger partial charge on any atom is 0.0923 e. The molecule has 0 radical (unpaired) electrons. The van der Waals surface area contributed by atoms with Crippen LogP contribution in [0.15, 0.2) is 59.2 Å². The molecule has 130 valence electrons. The number of rotatable bonds is 2. The quantitative estimate of drug-likeness (QED) is 0.759. The summed E-state index contributed by atoms with van der Waals surface area (Å²) in [5.74, 6) is 0. The second-order valence-electron chi connectivity index (χ2n) is 7.40. The molecule has 0 bridgehead atoms. The minimum atomic E-state index is 0.531. The van der Waals surface area contributed by atoms with Crippen molar-refractivity contribution >= 4 is 22.3 Å². The van der Waals surface area contributed by atoms with E-state index in [1.54, 1.807) is 0 Å². The van der Waals surface area contributed by atoms with E-state index in [9.17, 15) is 0 Å². The summed E-state index contributed by atoms with van der Waals surface area (Å²) in [5, 5.41) is 9.10. The monoisotopic (exact) mass is 342 g/mol. The third-order valence-corrected chi connectivity index (χ3v) is 5.36. The van der Waals surface area contributed by atoms with Crippen molar-refractivity contribution in [3.63, 3.8) is 0 Å². The minimum Gasteiger partial charge on any atom is -0.310 e. The van der Waals surface area contributed by atoms with Crippen LogP contribution in [-0.4, -0.2) is 28.1 Å². The second-order valence-corrected chi connectivity index (χ2v) is 7.40. The maximum atomic E-state index is 4.91. The van der Waals surface area contributed by atoms with E-state index in [1.165, 1.54) is 33.4 Å². The molecule has 4 heteroatoms. The highest BCUT2D eigenvalue weighted by Crippen LogP contribution is 2.34. The van der Waals surface area contributed by atoms with Gasteiger partial charge in [0.15, 0.2) is 0 Å². The summed E-state index contributed by atoms with van der Waals surface area (Å²) >= 11 is 0. The highest BCUT2D eigenvalue weighted by atomic mass is 15.2. The van der Waals surface area contributed by atoms with Crippen LogP contribution < -0.4 is 5.32 Å². The van der Waals surface area contributed by atoms with Gasteiger partial charge in [0.2, 0.25) is 0 Å². The summed E-state index contributed by atoms with van der Waals surface area (Å²) < 4.78 is 1.87. The van der Waals surface area contributed by atoms with E-state index in [4.69, 9.17) is 4.99 Å². The Labute approximate surface area is 153 Å². The molecule has 0 amide bonds. The first-order valence-electron chi connectivity index (χ1n) is 9.23. The van der Waals surface area contributed by atoms with Gasteiger partial charge in [-0.3, -0.25) is 9.67 Å². The van der Waals surface area contributed by atoms with Crippen molar-refractivity contribution in [1.29, 1.82) is 0 Å². The molecular formula is C22H22N4. The summed E-state index contributed by atoms with van der Waals surface area (Å²) in [6.07, 6.45) is 6.37. The fourth-order valence-electron chi connectivity index (χ4n) is 4.00. The van der Waals surface area contributed by atoms with Gasteiger partial charge >= 0.3 is 0 Å². The van der Waals surface area contributed by atoms with Gasteiger partial charge in [-0.15, -0.1) is 0 Å². The summed E-state index contributed by atoms with van der Waals surface area (Å²) in [6.45, 7) is 3.19. The van der Waals surface area contributed by atoms with E-state index in [0.717, 1.165) is 30.6 Å². The first kappa shape index (κ1) is 15.5. The lowest BCUT2D eigenvalue weighted by atomic mass is 9.95. The van der Waals surface area contributed by atoms with Crippen molar-refractivity contribution in [3.05, 3.63) is 59.8 Å². The van der Waals surface area contributed by atoms with Gasteiger partial charge in [-0.1, -0.05) is 18.2 Å². The number of nitrogens with zero attached hydrogens (tertiary/aromatic N) is 3. The summed E-state index contributed by atoms with van der Waals surface area (Å²) in [7, 11) is 1.96. The molecule has 0 fully saturated rings. The molecule has 1 unspecified atom stereocenters. The molecule has 3 heterocycles. The van der Waals surface area contributed by atoms with Gasteiger partial charge in [0.1, 0.15) is 0 Å². The fraction of sp³-hybridized carbons (Fsp3) is 0.273. The molecule has 1 atom stereocenters. The zero-order chi connectivity index (χ0) is 17.7. The van der Waals surface area contributed by atoms with Gasteiger partial charge in [-0.25, -0.2) is 0 Å². The molecule has 3 aromatic rings. The lowest BCUT2D eigenvalue weighted by Gasteiger charge is -2.20. The molecule has 0 spiro atoms. The van der Waals surface area contributed by atoms with Crippen LogP contribution in [0.2, 0.25) is 0 Å². The number of aryl methyl sites for hydroxylation is 1. The normalized spacial score (nSPS) is 19.4. The smallest absolute Gasteiger partial charge is 0.0923 e. The third kappa shape index (κ3) is 2.67. The maximum absolute atomic E-state index is 4.91. The van der Waals surface area contributed by atoms with Crippen molar-refractivity contribution in [1.82, 2.24) is 15.1 Å². The molecule has 4 nitrogen and oxygen atoms in total. The van der Waals surface area contributed by atoms with Crippen LogP contribution in [0.3, 0.4) is 0 Å². The van der Waals surface area contributed by atoms with Crippen molar-refractivity contribution < 1.29 is 0 Å². The standard InChI is InChI=1S/C22H22N4/c1-14-9-17(7-8-23-14)22-12-18-10-15(3-5-20(18)24-22)16-4-6-21-19(11-16)13-26(2)25-21/h3-7,10-11,13-14,23H,8-9,12H2,1-2H3. The van der Waals surface area contributed by atoms with E-state index in [1.807, 2.05) is 11.7 Å². The number of hydrogen-bond acceptors (Lipinski definition) is 3. The Morgan fingerprint density at radius 3 is 2.85 bits per heavy atom. The van der Waals surface area contributed by atoms with Gasteiger partial charge in [0.05, 0.1) is 11.2 Å². The van der Waals surface area contributed by atoms with Gasteiger partial charge < -0.3 is 5.32 Å². The van der Waals surface area contributed by atoms with Crippen molar-refractivity contribution in [2.24, 2.45) is 12.0 Å². The molecule has 1 aromatic heterocycles. The Balaban J connectivity index is 1.46. The molecule has 2 aliphatic rings. The fourth-order valence-corrected chi connectivity index (χ4v) is 4.00. The number of benzene rings is 2. The van der Waals surface area contributed by atoms with Gasteiger partial charge in [0, 0.05) is 43.3 Å². The number of aliphatic imine (C=N–C) groups is 1. The molecule has 0 saturated heterocycles. The summed E-state index contributed by atoms with van der Waals surface area (Å²) in [6, 6.07) is 13.7. The Hall–Kier alpha value is -2.72. The van der Waals surface area contributed by atoms with Crippen molar-refractivity contribution in [3.8, 4) is 11.1 Å². The highest BCUT2D eigenvalue weighted by molar-refractivity contribution is 6.06. The van der Waals surface area contributed by atoms with E-state index < -0.39 is 0 Å². The first-order valence-corrected chi connectivity index (χ1v) is 9.23. The Kier molecular flexibility index (Phi) is 3.54. The van der Waals surface area contributed by atoms with E-state index in [2.05, 4.69) is 66.0 Å². The number of aromatic nitrogens is 2. The number of nitrogens with one attached hydrogen (secondary N) is 1. The third-order valence-electron chi connectivity index (χ3n) is 5.36. The minimum absolute atomic E-state index is 0.531. The van der Waals surface area contributed by atoms with Crippen molar-refractivity contribution in [2.45, 2.75) is 25.8 Å². The van der Waals surface area contributed by atoms with Crippen LogP contribution in [0.4, 0.5) is 5.69 Å². The van der Waals surface area contributed by atoms with Crippen LogP contribution >= 0.6 is 0 Å². The zero-order valence-electron chi connectivity index (χ0n) is 15.2. The summed E-state index contributed by atoms with van der Waals surface area (Å²) in [5.41, 5.74) is 8.62. The van der Waals surface area contributed by atoms with Crippen LogP contribution in [0.25, 0.3) is 22.0 Å². The zero-order valence-corrected chi connectivity index (χ0v) is 15.2. The van der Waals surface area contributed by atoms with E-state index >= 15 is 0 Å². The van der Waals surface area contributed by atoms with Gasteiger partial charge in [0.25, 0.3) is 0 Å². The number of hydrogen-bond donors (Lipinski definition) is 1.